The van der Waals surface area contributed by atoms with Gasteiger partial charge in [0.05, 0.1) is 19.1 Å². The topological polar surface area (TPSA) is 138 Å². The Morgan fingerprint density at radius 2 is 1.89 bits per heavy atom. The zero-order valence-electron chi connectivity index (χ0n) is 20.9. The summed E-state index contributed by atoms with van der Waals surface area (Å²) in [4.78, 5) is 51.8. The molecule has 0 heterocycles. The van der Waals surface area contributed by atoms with Crippen molar-refractivity contribution >= 4 is 36.5 Å². The van der Waals surface area contributed by atoms with Gasteiger partial charge in [0.2, 0.25) is 11.8 Å². The van der Waals surface area contributed by atoms with Crippen LogP contribution >= 0.6 is 12.6 Å². The SMILES string of the molecule is C#Cc1ccccc1C(C(=O)NCCC(=O)OCC)N(CC#N)C(=O)C(CS)NC(=O)OC(C)(C)C. The molecule has 0 bridgehead atoms. The summed E-state index contributed by atoms with van der Waals surface area (Å²) in [5.74, 6) is 0.441. The van der Waals surface area contributed by atoms with E-state index in [1.54, 1.807) is 52.0 Å². The Bertz CT molecular complexity index is 1020. The number of hydrogen-bond acceptors (Lipinski definition) is 8. The molecule has 0 spiro atoms. The highest BCUT2D eigenvalue weighted by atomic mass is 32.1. The second-order valence-electron chi connectivity index (χ2n) is 8.49. The highest BCUT2D eigenvalue weighted by Gasteiger charge is 2.36. The third-order valence-corrected chi connectivity index (χ3v) is 4.97. The average molecular weight is 517 g/mol. The number of esters is 1. The molecule has 11 heteroatoms. The average Bonchev–Trinajstić information content (AvgIpc) is 2.81. The number of amides is 3. The molecular formula is C25H32N4O6S. The third kappa shape index (κ3) is 9.51. The lowest BCUT2D eigenvalue weighted by molar-refractivity contribution is -0.144. The Labute approximate surface area is 217 Å². The first-order valence-electron chi connectivity index (χ1n) is 11.3. The lowest BCUT2D eigenvalue weighted by Gasteiger charge is -2.33. The van der Waals surface area contributed by atoms with Crippen LogP contribution in [0.4, 0.5) is 4.79 Å². The molecule has 2 unspecified atom stereocenters. The molecular weight excluding hydrogens is 484 g/mol. The van der Waals surface area contributed by atoms with E-state index in [0.29, 0.717) is 11.1 Å². The van der Waals surface area contributed by atoms with Crippen LogP contribution in [0.5, 0.6) is 0 Å². The Kier molecular flexibility index (Phi) is 12.3. The molecule has 194 valence electrons. The van der Waals surface area contributed by atoms with Crippen molar-refractivity contribution in [3.63, 3.8) is 0 Å². The Hall–Kier alpha value is -3.70. The summed E-state index contributed by atoms with van der Waals surface area (Å²) in [7, 11) is 0. The number of ether oxygens (including phenoxy) is 2. The van der Waals surface area contributed by atoms with Gasteiger partial charge in [0.15, 0.2) is 0 Å². The molecule has 2 N–H and O–H groups in total. The summed E-state index contributed by atoms with van der Waals surface area (Å²) < 4.78 is 10.1. The van der Waals surface area contributed by atoms with E-state index in [-0.39, 0.29) is 25.3 Å². The van der Waals surface area contributed by atoms with Gasteiger partial charge in [-0.05, 0) is 39.3 Å². The van der Waals surface area contributed by atoms with Gasteiger partial charge in [0, 0.05) is 17.9 Å². The smallest absolute Gasteiger partial charge is 0.408 e. The Morgan fingerprint density at radius 3 is 2.44 bits per heavy atom. The summed E-state index contributed by atoms with van der Waals surface area (Å²) in [6.45, 7) is 6.31. The van der Waals surface area contributed by atoms with Gasteiger partial charge in [-0.25, -0.2) is 4.79 Å². The predicted octanol–water partition coefficient (Wildman–Crippen LogP) is 1.95. The van der Waals surface area contributed by atoms with Gasteiger partial charge >= 0.3 is 12.1 Å². The van der Waals surface area contributed by atoms with Crippen molar-refractivity contribution < 1.29 is 28.7 Å². The number of nitrogens with one attached hydrogen (secondary N) is 2. The monoisotopic (exact) mass is 516 g/mol. The molecule has 1 aromatic rings. The van der Waals surface area contributed by atoms with Gasteiger partial charge < -0.3 is 25.0 Å². The minimum Gasteiger partial charge on any atom is -0.466 e. The van der Waals surface area contributed by atoms with Crippen LogP contribution in [0.1, 0.15) is 51.3 Å². The van der Waals surface area contributed by atoms with E-state index in [4.69, 9.17) is 15.9 Å². The fourth-order valence-electron chi connectivity index (χ4n) is 3.14. The third-order valence-electron chi connectivity index (χ3n) is 4.60. The molecule has 36 heavy (non-hydrogen) atoms. The molecule has 0 fully saturated rings. The maximum absolute atomic E-state index is 13.5. The molecule has 1 aromatic carbocycles. The van der Waals surface area contributed by atoms with Gasteiger partial charge in [-0.15, -0.1) is 6.42 Å². The van der Waals surface area contributed by atoms with E-state index < -0.39 is 48.1 Å². The van der Waals surface area contributed by atoms with Gasteiger partial charge in [0.1, 0.15) is 24.2 Å². The van der Waals surface area contributed by atoms with E-state index in [9.17, 15) is 24.4 Å². The van der Waals surface area contributed by atoms with Crippen LogP contribution in [0, 0.1) is 23.7 Å². The van der Waals surface area contributed by atoms with E-state index >= 15 is 0 Å². The quantitative estimate of drug-likeness (QED) is 0.177. The number of carbonyl (C=O) groups is 4. The number of rotatable bonds is 11. The second-order valence-corrected chi connectivity index (χ2v) is 8.85. The van der Waals surface area contributed by atoms with Crippen LogP contribution in [0.15, 0.2) is 24.3 Å². The predicted molar refractivity (Wildman–Crippen MR) is 136 cm³/mol. The first-order valence-corrected chi connectivity index (χ1v) is 11.9. The number of nitriles is 1. The van der Waals surface area contributed by atoms with Crippen molar-refractivity contribution in [1.29, 1.82) is 5.26 Å². The maximum Gasteiger partial charge on any atom is 0.408 e. The van der Waals surface area contributed by atoms with Crippen molar-refractivity contribution in [2.75, 3.05) is 25.4 Å². The lowest BCUT2D eigenvalue weighted by atomic mass is 9.97. The number of benzene rings is 1. The first kappa shape index (κ1) is 30.3. The molecule has 0 saturated heterocycles. The summed E-state index contributed by atoms with van der Waals surface area (Å²) in [5.41, 5.74) is -0.179. The minimum atomic E-state index is -1.32. The summed E-state index contributed by atoms with van der Waals surface area (Å²) in [6.07, 6.45) is 4.68. The van der Waals surface area contributed by atoms with Crippen molar-refractivity contribution in [2.24, 2.45) is 0 Å². The van der Waals surface area contributed by atoms with E-state index in [1.165, 1.54) is 0 Å². The summed E-state index contributed by atoms with van der Waals surface area (Å²) in [5, 5.41) is 14.5. The standard InChI is InChI=1S/C25H32N4O6S/c1-6-17-10-8-9-11-18(17)21(22(31)27-14-12-20(30)34-7-2)29(15-13-26)23(32)19(16-36)28-24(33)35-25(3,4)5/h1,8-11,19,21,36H,7,12,14-16H2,2-5H3,(H,27,31)(H,28,33). The van der Waals surface area contributed by atoms with Gasteiger partial charge in [-0.2, -0.15) is 17.9 Å². The first-order chi connectivity index (χ1) is 17.0. The van der Waals surface area contributed by atoms with E-state index in [0.717, 1.165) is 4.90 Å². The zero-order chi connectivity index (χ0) is 27.3. The number of alkyl carbamates (subject to hydrolysis) is 1. The molecule has 0 aliphatic rings. The molecule has 2 atom stereocenters. The highest BCUT2D eigenvalue weighted by Crippen LogP contribution is 2.25. The number of terminal acetylenes is 1. The number of thiol groups is 1. The number of hydrogen-bond donors (Lipinski definition) is 3. The fraction of sp³-hybridized carbons (Fsp3) is 0.480. The van der Waals surface area contributed by atoms with Crippen LogP contribution in [-0.2, 0) is 23.9 Å². The van der Waals surface area contributed by atoms with Crippen molar-refractivity contribution in [3.05, 3.63) is 35.4 Å². The second kappa shape index (κ2) is 14.6. The molecule has 0 aliphatic carbocycles. The van der Waals surface area contributed by atoms with Crippen LogP contribution in [-0.4, -0.2) is 65.9 Å². The molecule has 3 amide bonds. The molecule has 0 aromatic heterocycles. The number of nitrogens with zero attached hydrogens (tertiary/aromatic N) is 2. The molecule has 0 saturated carbocycles. The maximum atomic E-state index is 13.5. The van der Waals surface area contributed by atoms with Gasteiger partial charge in [0.25, 0.3) is 0 Å². The van der Waals surface area contributed by atoms with Crippen LogP contribution in [0.25, 0.3) is 0 Å². The molecule has 10 nitrogen and oxygen atoms in total. The molecule has 0 radical (unpaired) electrons. The number of carbonyl (C=O) groups excluding carboxylic acids is 4. The van der Waals surface area contributed by atoms with E-state index in [1.807, 2.05) is 6.07 Å². The largest absolute Gasteiger partial charge is 0.466 e. The summed E-state index contributed by atoms with van der Waals surface area (Å²) in [6, 6.07) is 5.83. The summed E-state index contributed by atoms with van der Waals surface area (Å²) >= 11 is 4.16. The zero-order valence-corrected chi connectivity index (χ0v) is 21.8. The van der Waals surface area contributed by atoms with E-state index in [2.05, 4.69) is 29.2 Å². The normalized spacial score (nSPS) is 12.2. The molecule has 1 rings (SSSR count). The molecule has 0 aliphatic heterocycles. The van der Waals surface area contributed by atoms with Crippen LogP contribution in [0.2, 0.25) is 0 Å². The van der Waals surface area contributed by atoms with Crippen molar-refractivity contribution in [1.82, 2.24) is 15.5 Å². The van der Waals surface area contributed by atoms with Crippen LogP contribution in [0.3, 0.4) is 0 Å². The van der Waals surface area contributed by atoms with Crippen molar-refractivity contribution in [2.45, 2.75) is 51.8 Å². The Balaban J connectivity index is 3.35. The van der Waals surface area contributed by atoms with Crippen molar-refractivity contribution in [3.8, 4) is 18.4 Å². The van der Waals surface area contributed by atoms with Gasteiger partial charge in [-0.3, -0.25) is 14.4 Å². The van der Waals surface area contributed by atoms with Crippen LogP contribution < -0.4 is 10.6 Å². The van der Waals surface area contributed by atoms with Gasteiger partial charge in [-0.1, -0.05) is 24.1 Å². The lowest BCUT2D eigenvalue weighted by Crippen LogP contribution is -2.54. The minimum absolute atomic E-state index is 0.0624. The highest BCUT2D eigenvalue weighted by molar-refractivity contribution is 7.80. The Morgan fingerprint density at radius 1 is 1.22 bits per heavy atom. The fourth-order valence-corrected chi connectivity index (χ4v) is 3.39.